The van der Waals surface area contributed by atoms with Gasteiger partial charge in [-0.1, -0.05) is 0 Å². The normalized spacial score (nSPS) is 23.0. The van der Waals surface area contributed by atoms with Crippen molar-refractivity contribution in [3.63, 3.8) is 0 Å². The van der Waals surface area contributed by atoms with E-state index in [9.17, 15) is 0 Å². The third-order valence-electron chi connectivity index (χ3n) is 5.24. The lowest BCUT2D eigenvalue weighted by Gasteiger charge is -2.37. The van der Waals surface area contributed by atoms with Crippen LogP contribution in [0, 0.1) is 0 Å². The first-order chi connectivity index (χ1) is 13.7. The standard InChI is InChI=1S/C21H33N3O4/c1-4-22-21(24-11-13-28-20(15-24)19-6-5-12-27-19)23-10-9-16-14-17(25-2)7-8-18(16)26-3/h7-8,14,19-20H,4-6,9-13,15H2,1-3H3,(H,22,23). The Labute approximate surface area is 168 Å². The number of aliphatic imine (C=N–C) groups is 1. The summed E-state index contributed by atoms with van der Waals surface area (Å²) in [5.74, 6) is 2.64. The number of hydrogen-bond donors (Lipinski definition) is 1. The van der Waals surface area contributed by atoms with Gasteiger partial charge in [-0.15, -0.1) is 0 Å². The molecule has 0 saturated carbocycles. The fourth-order valence-electron chi connectivity index (χ4n) is 3.77. The Morgan fingerprint density at radius 1 is 1.21 bits per heavy atom. The van der Waals surface area contributed by atoms with Gasteiger partial charge in [0, 0.05) is 32.8 Å². The number of methoxy groups -OCH3 is 2. The minimum absolute atomic E-state index is 0.124. The second kappa shape index (κ2) is 10.5. The van der Waals surface area contributed by atoms with Gasteiger partial charge in [-0.2, -0.15) is 0 Å². The number of rotatable bonds is 7. The maximum absolute atomic E-state index is 5.97. The van der Waals surface area contributed by atoms with Crippen LogP contribution >= 0.6 is 0 Å². The molecule has 2 heterocycles. The molecule has 156 valence electrons. The van der Waals surface area contributed by atoms with Crippen LogP contribution in [0.25, 0.3) is 0 Å². The molecule has 2 aliphatic rings. The molecule has 2 saturated heterocycles. The third kappa shape index (κ3) is 5.29. The number of ether oxygens (including phenoxy) is 4. The van der Waals surface area contributed by atoms with Gasteiger partial charge in [0.15, 0.2) is 5.96 Å². The monoisotopic (exact) mass is 391 g/mol. The number of guanidine groups is 1. The van der Waals surface area contributed by atoms with Crippen molar-refractivity contribution in [2.24, 2.45) is 4.99 Å². The Morgan fingerprint density at radius 3 is 2.79 bits per heavy atom. The molecular weight excluding hydrogens is 358 g/mol. The molecule has 0 amide bonds. The summed E-state index contributed by atoms with van der Waals surface area (Å²) in [5, 5.41) is 3.42. The van der Waals surface area contributed by atoms with Crippen molar-refractivity contribution >= 4 is 5.96 Å². The molecule has 2 unspecified atom stereocenters. The van der Waals surface area contributed by atoms with Crippen LogP contribution in [-0.2, 0) is 15.9 Å². The lowest BCUT2D eigenvalue weighted by Crippen LogP contribution is -2.53. The highest BCUT2D eigenvalue weighted by atomic mass is 16.5. The number of nitrogens with one attached hydrogen (secondary N) is 1. The van der Waals surface area contributed by atoms with Gasteiger partial charge in [0.2, 0.25) is 0 Å². The highest BCUT2D eigenvalue weighted by Gasteiger charge is 2.32. The van der Waals surface area contributed by atoms with E-state index in [-0.39, 0.29) is 12.2 Å². The third-order valence-corrected chi connectivity index (χ3v) is 5.24. The maximum Gasteiger partial charge on any atom is 0.194 e. The van der Waals surface area contributed by atoms with Crippen molar-refractivity contribution in [2.75, 3.05) is 53.6 Å². The van der Waals surface area contributed by atoms with Crippen molar-refractivity contribution in [1.82, 2.24) is 10.2 Å². The minimum Gasteiger partial charge on any atom is -0.497 e. The van der Waals surface area contributed by atoms with Crippen LogP contribution in [0.15, 0.2) is 23.2 Å². The molecule has 0 radical (unpaired) electrons. The summed E-state index contributed by atoms with van der Waals surface area (Å²) >= 11 is 0. The Hall–Kier alpha value is -1.99. The first kappa shape index (κ1) is 20.7. The molecular formula is C21H33N3O4. The van der Waals surface area contributed by atoms with E-state index in [1.165, 1.54) is 0 Å². The van der Waals surface area contributed by atoms with Gasteiger partial charge in [0.1, 0.15) is 17.6 Å². The number of nitrogens with zero attached hydrogens (tertiary/aromatic N) is 2. The predicted octanol–water partition coefficient (Wildman–Crippen LogP) is 2.09. The Morgan fingerprint density at radius 2 is 2.07 bits per heavy atom. The summed E-state index contributed by atoms with van der Waals surface area (Å²) in [6.07, 6.45) is 3.34. The van der Waals surface area contributed by atoms with Gasteiger partial charge in [-0.3, -0.25) is 4.99 Å². The molecule has 0 aliphatic carbocycles. The molecule has 0 aromatic heterocycles. The SMILES string of the molecule is CCNC(=NCCc1cc(OC)ccc1OC)N1CCOC(C2CCCO2)C1. The lowest BCUT2D eigenvalue weighted by molar-refractivity contribution is -0.0817. The van der Waals surface area contributed by atoms with Crippen molar-refractivity contribution in [1.29, 1.82) is 0 Å². The molecule has 3 rings (SSSR count). The summed E-state index contributed by atoms with van der Waals surface area (Å²) < 4.78 is 22.6. The maximum atomic E-state index is 5.97. The lowest BCUT2D eigenvalue weighted by atomic mass is 10.1. The van der Waals surface area contributed by atoms with Crippen LogP contribution in [0.4, 0.5) is 0 Å². The Bertz CT molecular complexity index is 647. The fourth-order valence-corrected chi connectivity index (χ4v) is 3.77. The highest BCUT2D eigenvalue weighted by molar-refractivity contribution is 5.80. The topological polar surface area (TPSA) is 64.6 Å². The molecule has 7 heteroatoms. The quantitative estimate of drug-likeness (QED) is 0.567. The zero-order chi connectivity index (χ0) is 19.8. The van der Waals surface area contributed by atoms with Gasteiger partial charge >= 0.3 is 0 Å². The van der Waals surface area contributed by atoms with E-state index in [4.69, 9.17) is 23.9 Å². The van der Waals surface area contributed by atoms with Gasteiger partial charge in [0.05, 0.1) is 26.9 Å². The number of hydrogen-bond acceptors (Lipinski definition) is 5. The average Bonchev–Trinajstić information content (AvgIpc) is 3.28. The summed E-state index contributed by atoms with van der Waals surface area (Å²) in [6, 6.07) is 5.87. The molecule has 1 N–H and O–H groups in total. The summed E-state index contributed by atoms with van der Waals surface area (Å²) in [7, 11) is 3.37. The van der Waals surface area contributed by atoms with Gasteiger partial charge in [-0.25, -0.2) is 0 Å². The van der Waals surface area contributed by atoms with Crippen molar-refractivity contribution in [2.45, 2.75) is 38.4 Å². The van der Waals surface area contributed by atoms with E-state index in [2.05, 4.69) is 17.1 Å². The first-order valence-electron chi connectivity index (χ1n) is 10.2. The number of benzene rings is 1. The van der Waals surface area contributed by atoms with Crippen LogP contribution in [0.2, 0.25) is 0 Å². The van der Waals surface area contributed by atoms with Crippen LogP contribution in [0.3, 0.4) is 0 Å². The van der Waals surface area contributed by atoms with Gasteiger partial charge in [-0.05, 0) is 49.9 Å². The van der Waals surface area contributed by atoms with Crippen molar-refractivity contribution < 1.29 is 18.9 Å². The van der Waals surface area contributed by atoms with E-state index >= 15 is 0 Å². The van der Waals surface area contributed by atoms with Crippen molar-refractivity contribution in [3.05, 3.63) is 23.8 Å². The van der Waals surface area contributed by atoms with Crippen molar-refractivity contribution in [3.8, 4) is 11.5 Å². The summed E-state index contributed by atoms with van der Waals surface area (Å²) in [5.41, 5.74) is 1.10. The molecule has 1 aromatic rings. The Balaban J connectivity index is 1.64. The smallest absolute Gasteiger partial charge is 0.194 e. The van der Waals surface area contributed by atoms with E-state index in [1.54, 1.807) is 14.2 Å². The highest BCUT2D eigenvalue weighted by Crippen LogP contribution is 2.24. The second-order valence-electron chi connectivity index (χ2n) is 7.07. The Kier molecular flexibility index (Phi) is 7.80. The molecule has 2 fully saturated rings. The van der Waals surface area contributed by atoms with Crippen LogP contribution in [-0.4, -0.2) is 76.7 Å². The van der Waals surface area contributed by atoms with Gasteiger partial charge in [0.25, 0.3) is 0 Å². The molecule has 2 atom stereocenters. The number of morpholine rings is 1. The molecule has 1 aromatic carbocycles. The summed E-state index contributed by atoms with van der Waals surface area (Å²) in [4.78, 5) is 7.16. The minimum atomic E-state index is 0.124. The summed E-state index contributed by atoms with van der Waals surface area (Å²) in [6.45, 7) is 6.83. The largest absolute Gasteiger partial charge is 0.497 e. The van der Waals surface area contributed by atoms with E-state index in [0.717, 1.165) is 68.5 Å². The van der Waals surface area contributed by atoms with Gasteiger partial charge < -0.3 is 29.2 Å². The molecule has 0 spiro atoms. The van der Waals surface area contributed by atoms with E-state index < -0.39 is 0 Å². The molecule has 28 heavy (non-hydrogen) atoms. The van der Waals surface area contributed by atoms with E-state index in [1.807, 2.05) is 18.2 Å². The zero-order valence-electron chi connectivity index (χ0n) is 17.3. The van der Waals surface area contributed by atoms with E-state index in [0.29, 0.717) is 13.2 Å². The molecule has 2 aliphatic heterocycles. The fraction of sp³-hybridized carbons (Fsp3) is 0.667. The molecule has 7 nitrogen and oxygen atoms in total. The van der Waals surface area contributed by atoms with Crippen LogP contribution in [0.5, 0.6) is 11.5 Å². The zero-order valence-corrected chi connectivity index (χ0v) is 17.3. The molecule has 0 bridgehead atoms. The van der Waals surface area contributed by atoms with Crippen LogP contribution in [0.1, 0.15) is 25.3 Å². The van der Waals surface area contributed by atoms with Crippen LogP contribution < -0.4 is 14.8 Å². The second-order valence-corrected chi connectivity index (χ2v) is 7.07. The predicted molar refractivity (Wildman–Crippen MR) is 110 cm³/mol. The average molecular weight is 392 g/mol. The first-order valence-corrected chi connectivity index (χ1v) is 10.2.